The first-order valence-corrected chi connectivity index (χ1v) is 7.81. The average molecular weight is 332 g/mol. The van der Waals surface area contributed by atoms with Crippen molar-refractivity contribution in [3.63, 3.8) is 0 Å². The Bertz CT molecular complexity index is 732. The molecule has 0 bridgehead atoms. The Morgan fingerprint density at radius 1 is 1.33 bits per heavy atom. The first-order valence-electron chi connectivity index (χ1n) is 7.81. The van der Waals surface area contributed by atoms with Crippen LogP contribution in [0.5, 0.6) is 0 Å². The molecule has 1 amide bonds. The van der Waals surface area contributed by atoms with Crippen LogP contribution in [0.3, 0.4) is 0 Å². The molecule has 9 nitrogen and oxygen atoms in total. The Labute approximate surface area is 139 Å². The van der Waals surface area contributed by atoms with Crippen molar-refractivity contribution >= 4 is 17.9 Å². The van der Waals surface area contributed by atoms with E-state index in [2.05, 4.69) is 25.5 Å². The van der Waals surface area contributed by atoms with E-state index in [4.69, 9.17) is 9.15 Å². The first-order chi connectivity index (χ1) is 11.5. The Hall–Kier alpha value is -2.71. The number of hydrogen-bond acceptors (Lipinski definition) is 8. The van der Waals surface area contributed by atoms with Gasteiger partial charge < -0.3 is 14.5 Å². The third-order valence-electron chi connectivity index (χ3n) is 3.82. The Kier molecular flexibility index (Phi) is 4.32. The van der Waals surface area contributed by atoms with Crippen molar-refractivity contribution in [2.45, 2.75) is 39.8 Å². The summed E-state index contributed by atoms with van der Waals surface area (Å²) in [6.07, 6.45) is 1.21. The summed E-state index contributed by atoms with van der Waals surface area (Å²) in [6, 6.07) is 1.39. The van der Waals surface area contributed by atoms with Gasteiger partial charge in [-0.15, -0.1) is 10.2 Å². The summed E-state index contributed by atoms with van der Waals surface area (Å²) >= 11 is 0. The molecule has 0 aliphatic carbocycles. The van der Waals surface area contributed by atoms with Gasteiger partial charge in [0.2, 0.25) is 17.7 Å². The zero-order valence-electron chi connectivity index (χ0n) is 14.1. The molecule has 2 aromatic rings. The number of anilines is 2. The molecule has 1 saturated heterocycles. The van der Waals surface area contributed by atoms with Crippen LogP contribution >= 0.6 is 0 Å². The molecule has 1 N–H and O–H groups in total. The largest absolute Gasteiger partial charge is 0.447 e. The maximum absolute atomic E-state index is 12.0. The van der Waals surface area contributed by atoms with E-state index >= 15 is 0 Å². The van der Waals surface area contributed by atoms with Crippen molar-refractivity contribution in [1.82, 2.24) is 20.2 Å². The fraction of sp³-hybridized carbons (Fsp3) is 0.533. The first kappa shape index (κ1) is 16.2. The van der Waals surface area contributed by atoms with Crippen LogP contribution in [0.2, 0.25) is 0 Å². The summed E-state index contributed by atoms with van der Waals surface area (Å²) in [6.45, 7) is 8.04. The molecule has 0 saturated carbocycles. The molecule has 128 valence electrons. The molecule has 0 radical (unpaired) electrons. The van der Waals surface area contributed by atoms with Gasteiger partial charge in [0.05, 0.1) is 6.04 Å². The Morgan fingerprint density at radius 2 is 2.12 bits per heavy atom. The number of cyclic esters (lactones) is 1. The van der Waals surface area contributed by atoms with Crippen LogP contribution in [0.1, 0.15) is 38.6 Å². The molecule has 9 heteroatoms. The maximum Gasteiger partial charge on any atom is 0.415 e. The number of aromatic nitrogens is 4. The molecule has 2 atom stereocenters. The van der Waals surface area contributed by atoms with Gasteiger partial charge in [0.1, 0.15) is 18.5 Å². The minimum atomic E-state index is -0.390. The van der Waals surface area contributed by atoms with Gasteiger partial charge in [-0.25, -0.2) is 9.78 Å². The number of rotatable bonds is 5. The van der Waals surface area contributed by atoms with E-state index in [9.17, 15) is 4.79 Å². The second-order valence-electron chi connectivity index (χ2n) is 6.02. The van der Waals surface area contributed by atoms with Gasteiger partial charge >= 0.3 is 6.09 Å². The number of aryl methyl sites for hydroxylation is 1. The average Bonchev–Trinajstić information content (AvgIpc) is 3.13. The van der Waals surface area contributed by atoms with Crippen molar-refractivity contribution in [2.75, 3.05) is 16.8 Å². The van der Waals surface area contributed by atoms with Crippen LogP contribution in [0.15, 0.2) is 16.7 Å². The lowest BCUT2D eigenvalue weighted by atomic mass is 10.0. The summed E-state index contributed by atoms with van der Waals surface area (Å²) in [7, 11) is 0. The highest BCUT2D eigenvalue weighted by atomic mass is 16.6. The highest BCUT2D eigenvalue weighted by Gasteiger charge is 2.37. The molecule has 3 rings (SSSR count). The molecule has 0 spiro atoms. The fourth-order valence-corrected chi connectivity index (χ4v) is 2.49. The van der Waals surface area contributed by atoms with Gasteiger partial charge in [0.15, 0.2) is 0 Å². The topological polar surface area (TPSA) is 106 Å². The number of carbonyl (C=O) groups excluding carboxylic acids is 1. The van der Waals surface area contributed by atoms with Crippen molar-refractivity contribution in [3.05, 3.63) is 24.0 Å². The second kappa shape index (κ2) is 6.42. The maximum atomic E-state index is 12.0. The Morgan fingerprint density at radius 3 is 2.79 bits per heavy atom. The number of carbonyl (C=O) groups is 1. The summed E-state index contributed by atoms with van der Waals surface area (Å²) in [4.78, 5) is 22.2. The third-order valence-corrected chi connectivity index (χ3v) is 3.82. The van der Waals surface area contributed by atoms with Gasteiger partial charge in [-0.1, -0.05) is 13.8 Å². The summed E-state index contributed by atoms with van der Waals surface area (Å²) < 4.78 is 10.5. The molecular weight excluding hydrogens is 312 g/mol. The normalized spacial score (nSPS) is 18.8. The molecule has 24 heavy (non-hydrogen) atoms. The van der Waals surface area contributed by atoms with Gasteiger partial charge in [-0.05, 0) is 18.9 Å². The lowest BCUT2D eigenvalue weighted by Crippen LogP contribution is -2.37. The Balaban J connectivity index is 1.80. The standard InChI is InChI=1S/C15H20N6O3/c1-8(2)11-7-23-15(22)21(11)12-5-6-16-14(18-12)17-9(3)13-20-19-10(4)24-13/h5-6,8-9,11H,7H2,1-4H3,(H,16,17,18)/t9-,11?/m1/s1. The molecule has 1 unspecified atom stereocenters. The quantitative estimate of drug-likeness (QED) is 0.889. The van der Waals surface area contributed by atoms with Crippen molar-refractivity contribution in [1.29, 1.82) is 0 Å². The lowest BCUT2D eigenvalue weighted by molar-refractivity contribution is 0.177. The van der Waals surface area contributed by atoms with Crippen LogP contribution in [-0.2, 0) is 4.74 Å². The van der Waals surface area contributed by atoms with Crippen LogP contribution in [0, 0.1) is 12.8 Å². The van der Waals surface area contributed by atoms with E-state index < -0.39 is 0 Å². The number of hydrogen-bond donors (Lipinski definition) is 1. The second-order valence-corrected chi connectivity index (χ2v) is 6.02. The number of ether oxygens (including phenoxy) is 1. The zero-order valence-corrected chi connectivity index (χ0v) is 14.1. The van der Waals surface area contributed by atoms with E-state index in [-0.39, 0.29) is 24.1 Å². The van der Waals surface area contributed by atoms with Gasteiger partial charge in [0.25, 0.3) is 0 Å². The van der Waals surface area contributed by atoms with Gasteiger partial charge in [0, 0.05) is 13.1 Å². The van der Waals surface area contributed by atoms with Crippen LogP contribution in [0.25, 0.3) is 0 Å². The van der Waals surface area contributed by atoms with Crippen LogP contribution < -0.4 is 10.2 Å². The van der Waals surface area contributed by atoms with Gasteiger partial charge in [-0.3, -0.25) is 4.90 Å². The highest BCUT2D eigenvalue weighted by molar-refractivity contribution is 5.89. The number of amides is 1. The SMILES string of the molecule is Cc1nnc([C@@H](C)Nc2nccc(N3C(=O)OCC3C(C)C)n2)o1. The molecule has 1 aliphatic rings. The summed E-state index contributed by atoms with van der Waals surface area (Å²) in [5.41, 5.74) is 0. The summed E-state index contributed by atoms with van der Waals surface area (Å²) in [5, 5.41) is 10.9. The van der Waals surface area contributed by atoms with E-state index in [0.717, 1.165) is 0 Å². The third kappa shape index (κ3) is 3.15. The van der Waals surface area contributed by atoms with Gasteiger partial charge in [-0.2, -0.15) is 4.98 Å². The molecule has 3 heterocycles. The lowest BCUT2D eigenvalue weighted by Gasteiger charge is -2.23. The number of nitrogens with zero attached hydrogens (tertiary/aromatic N) is 5. The molecule has 2 aromatic heterocycles. The molecule has 0 aromatic carbocycles. The molecule has 1 aliphatic heterocycles. The van der Waals surface area contributed by atoms with Crippen molar-refractivity contribution in [3.8, 4) is 0 Å². The fourth-order valence-electron chi connectivity index (χ4n) is 2.49. The monoisotopic (exact) mass is 332 g/mol. The zero-order chi connectivity index (χ0) is 17.3. The highest BCUT2D eigenvalue weighted by Crippen LogP contribution is 2.26. The number of nitrogens with one attached hydrogen (secondary N) is 1. The minimum absolute atomic E-state index is 0.0451. The van der Waals surface area contributed by atoms with E-state index in [0.29, 0.717) is 30.2 Å². The minimum Gasteiger partial charge on any atom is -0.447 e. The van der Waals surface area contributed by atoms with Crippen LogP contribution in [0.4, 0.5) is 16.6 Å². The van der Waals surface area contributed by atoms with E-state index in [1.54, 1.807) is 24.1 Å². The summed E-state index contributed by atoms with van der Waals surface area (Å²) in [5.74, 6) is 2.07. The van der Waals surface area contributed by atoms with Crippen molar-refractivity contribution in [2.24, 2.45) is 5.92 Å². The van der Waals surface area contributed by atoms with Crippen LogP contribution in [-0.4, -0.2) is 38.9 Å². The molecule has 1 fully saturated rings. The smallest absolute Gasteiger partial charge is 0.415 e. The van der Waals surface area contributed by atoms with E-state index in [1.807, 2.05) is 20.8 Å². The van der Waals surface area contributed by atoms with E-state index in [1.165, 1.54) is 0 Å². The predicted octanol–water partition coefficient (Wildman–Crippen LogP) is 2.32. The predicted molar refractivity (Wildman–Crippen MR) is 85.6 cm³/mol. The van der Waals surface area contributed by atoms with Crippen molar-refractivity contribution < 1.29 is 13.9 Å². The molecular formula is C15H20N6O3.